The molecule has 0 amide bonds. The molecule has 0 aliphatic rings. The van der Waals surface area contributed by atoms with Gasteiger partial charge in [-0.05, 0) is 0 Å². The Morgan fingerprint density at radius 3 is 1.19 bits per heavy atom. The SMILES string of the molecule is O=C(O)CC(O)(CC(=O)O)C(=O)O.[Fe].[Fe].[Fe]. The Bertz CT molecular complexity index is 239. The van der Waals surface area contributed by atoms with Gasteiger partial charge < -0.3 is 20.4 Å². The number of carbonyl (C=O) groups is 3. The van der Waals surface area contributed by atoms with E-state index < -0.39 is 36.4 Å². The Balaban J connectivity index is -0.000000240. The van der Waals surface area contributed by atoms with Crippen molar-refractivity contribution in [2.75, 3.05) is 0 Å². The van der Waals surface area contributed by atoms with Crippen molar-refractivity contribution < 1.29 is 86.0 Å². The maximum atomic E-state index is 10.3. The van der Waals surface area contributed by atoms with Crippen molar-refractivity contribution in [3.05, 3.63) is 0 Å². The topological polar surface area (TPSA) is 132 Å². The zero-order chi connectivity index (χ0) is 10.6. The first-order chi connectivity index (χ1) is 5.78. The fourth-order valence-electron chi connectivity index (χ4n) is 0.714. The van der Waals surface area contributed by atoms with E-state index in [1.54, 1.807) is 0 Å². The van der Waals surface area contributed by atoms with Gasteiger partial charge in [0, 0.05) is 51.2 Å². The Kier molecular flexibility index (Phi) is 15.8. The van der Waals surface area contributed by atoms with Crippen molar-refractivity contribution in [1.29, 1.82) is 0 Å². The Morgan fingerprint density at radius 1 is 0.812 bits per heavy atom. The number of hydrogen-bond donors (Lipinski definition) is 4. The molecule has 0 fully saturated rings. The van der Waals surface area contributed by atoms with Gasteiger partial charge in [-0.25, -0.2) is 4.79 Å². The van der Waals surface area contributed by atoms with Crippen LogP contribution < -0.4 is 0 Å². The summed E-state index contributed by atoms with van der Waals surface area (Å²) in [5, 5.41) is 33.8. The molecule has 0 aromatic rings. The van der Waals surface area contributed by atoms with E-state index >= 15 is 0 Å². The second-order valence-corrected chi connectivity index (χ2v) is 2.48. The summed E-state index contributed by atoms with van der Waals surface area (Å²) in [6.45, 7) is 0. The molecule has 98 valence electrons. The maximum Gasteiger partial charge on any atom is 0.336 e. The minimum Gasteiger partial charge on any atom is -0.481 e. The van der Waals surface area contributed by atoms with Gasteiger partial charge in [0.1, 0.15) is 0 Å². The van der Waals surface area contributed by atoms with Gasteiger partial charge in [-0.1, -0.05) is 0 Å². The van der Waals surface area contributed by atoms with Gasteiger partial charge in [0.05, 0.1) is 12.8 Å². The monoisotopic (exact) mass is 360 g/mol. The van der Waals surface area contributed by atoms with Crippen LogP contribution in [0.25, 0.3) is 0 Å². The second kappa shape index (κ2) is 10.1. The summed E-state index contributed by atoms with van der Waals surface area (Å²) >= 11 is 0. The largest absolute Gasteiger partial charge is 0.481 e. The predicted molar refractivity (Wildman–Crippen MR) is 37.1 cm³/mol. The average Bonchev–Trinajstić information content (AvgIpc) is 1.82. The molecule has 10 heteroatoms. The number of aliphatic hydroxyl groups is 1. The van der Waals surface area contributed by atoms with E-state index in [1.165, 1.54) is 0 Å². The van der Waals surface area contributed by atoms with Crippen LogP contribution in [0.2, 0.25) is 0 Å². The molecule has 4 N–H and O–H groups in total. The first-order valence-corrected chi connectivity index (χ1v) is 3.17. The smallest absolute Gasteiger partial charge is 0.336 e. The number of carboxylic acids is 3. The molecule has 0 saturated carbocycles. The van der Waals surface area contributed by atoms with Gasteiger partial charge in [0.15, 0.2) is 5.60 Å². The van der Waals surface area contributed by atoms with Gasteiger partial charge >= 0.3 is 17.9 Å². The molecule has 0 aliphatic heterocycles. The third-order valence-corrected chi connectivity index (χ3v) is 1.29. The molecular weight excluding hydrogens is 352 g/mol. The zero-order valence-corrected chi connectivity index (χ0v) is 10.8. The Hall–Kier alpha value is -0.0716. The third-order valence-electron chi connectivity index (χ3n) is 1.29. The summed E-state index contributed by atoms with van der Waals surface area (Å²) < 4.78 is 0. The second-order valence-electron chi connectivity index (χ2n) is 2.48. The van der Waals surface area contributed by atoms with E-state index in [2.05, 4.69) is 0 Å². The molecule has 0 radical (unpaired) electrons. The van der Waals surface area contributed by atoms with Crippen molar-refractivity contribution in [3.63, 3.8) is 0 Å². The summed E-state index contributed by atoms with van der Waals surface area (Å²) in [6, 6.07) is 0. The van der Waals surface area contributed by atoms with Crippen LogP contribution in [0.15, 0.2) is 0 Å². The molecule has 0 aromatic heterocycles. The van der Waals surface area contributed by atoms with E-state index in [0.29, 0.717) is 0 Å². The number of carboxylic acid groups (broad SMARTS) is 3. The Morgan fingerprint density at radius 2 is 1.06 bits per heavy atom. The van der Waals surface area contributed by atoms with E-state index in [-0.39, 0.29) is 51.2 Å². The molecule has 0 saturated heterocycles. The predicted octanol–water partition coefficient (Wildman–Crippen LogP) is -1.26. The van der Waals surface area contributed by atoms with Crippen LogP contribution in [0.4, 0.5) is 0 Å². The zero-order valence-electron chi connectivity index (χ0n) is 7.49. The van der Waals surface area contributed by atoms with Crippen molar-refractivity contribution in [2.45, 2.75) is 18.4 Å². The van der Waals surface area contributed by atoms with Crippen LogP contribution >= 0.6 is 0 Å². The van der Waals surface area contributed by atoms with Crippen LogP contribution in [0.3, 0.4) is 0 Å². The minimum atomic E-state index is -2.74. The third kappa shape index (κ3) is 9.18. The molecule has 0 heterocycles. The van der Waals surface area contributed by atoms with Crippen LogP contribution in [-0.4, -0.2) is 43.9 Å². The van der Waals surface area contributed by atoms with Gasteiger partial charge in [0.25, 0.3) is 0 Å². The van der Waals surface area contributed by atoms with E-state index in [4.69, 9.17) is 20.4 Å². The molecule has 0 unspecified atom stereocenters. The molecule has 7 nitrogen and oxygen atoms in total. The van der Waals surface area contributed by atoms with Crippen LogP contribution in [-0.2, 0) is 65.6 Å². The van der Waals surface area contributed by atoms with Crippen molar-refractivity contribution >= 4 is 17.9 Å². The molecule has 0 rings (SSSR count). The summed E-state index contributed by atoms with van der Waals surface area (Å²) in [7, 11) is 0. The molecule has 0 spiro atoms. The van der Waals surface area contributed by atoms with E-state index in [9.17, 15) is 14.4 Å². The number of rotatable bonds is 5. The quantitative estimate of drug-likeness (QED) is 0.451. The molecule has 0 aromatic carbocycles. The van der Waals surface area contributed by atoms with Gasteiger partial charge in [-0.2, -0.15) is 0 Å². The van der Waals surface area contributed by atoms with Crippen molar-refractivity contribution in [1.82, 2.24) is 0 Å². The Labute approximate surface area is 122 Å². The summed E-state index contributed by atoms with van der Waals surface area (Å²) in [6.07, 6.45) is -2.29. The first kappa shape index (κ1) is 24.9. The van der Waals surface area contributed by atoms with Crippen molar-refractivity contribution in [3.8, 4) is 0 Å². The van der Waals surface area contributed by atoms with E-state index in [0.717, 1.165) is 0 Å². The summed E-state index contributed by atoms with van der Waals surface area (Å²) in [5.41, 5.74) is -2.74. The molecule has 0 aliphatic carbocycles. The minimum absolute atomic E-state index is 0. The molecule has 0 bridgehead atoms. The van der Waals surface area contributed by atoms with Crippen LogP contribution in [0, 0.1) is 0 Å². The molecule has 0 atom stereocenters. The average molecular weight is 360 g/mol. The maximum absolute atomic E-state index is 10.3. The van der Waals surface area contributed by atoms with Crippen LogP contribution in [0.5, 0.6) is 0 Å². The first-order valence-electron chi connectivity index (χ1n) is 3.17. The van der Waals surface area contributed by atoms with Gasteiger partial charge in [0.2, 0.25) is 0 Å². The molecular formula is C6H8Fe3O7. The molecule has 16 heavy (non-hydrogen) atoms. The van der Waals surface area contributed by atoms with Crippen LogP contribution in [0.1, 0.15) is 12.8 Å². The summed E-state index contributed by atoms with van der Waals surface area (Å²) in [5.74, 6) is -5.02. The fourth-order valence-corrected chi connectivity index (χ4v) is 0.714. The number of aliphatic carboxylic acids is 3. The van der Waals surface area contributed by atoms with Gasteiger partial charge in [-0.15, -0.1) is 0 Å². The van der Waals surface area contributed by atoms with Crippen molar-refractivity contribution in [2.24, 2.45) is 0 Å². The standard InChI is InChI=1S/C6H8O7.3Fe/c7-3(8)1-6(13,5(11)12)2-4(9)10;;;/h13H,1-2H2,(H,7,8)(H,9,10)(H,11,12);;;. The van der Waals surface area contributed by atoms with Gasteiger partial charge in [-0.3, -0.25) is 9.59 Å². The normalized spacial score (nSPS) is 8.81. The number of hydrogen-bond acceptors (Lipinski definition) is 4. The summed E-state index contributed by atoms with van der Waals surface area (Å²) in [4.78, 5) is 30.5. The van der Waals surface area contributed by atoms with E-state index in [1.807, 2.05) is 0 Å². The fraction of sp³-hybridized carbons (Fsp3) is 0.500.